The number of hydrogen-bond acceptors (Lipinski definition) is 6. The molecule has 164 valence electrons. The molecule has 6 nitrogen and oxygen atoms in total. The van der Waals surface area contributed by atoms with Crippen LogP contribution < -0.4 is 5.73 Å². The number of nitrogen functional groups attached to an aromatic ring is 1. The minimum Gasteiger partial charge on any atom is -0.383 e. The van der Waals surface area contributed by atoms with Gasteiger partial charge in [0.1, 0.15) is 10.8 Å². The number of nitrogens with two attached hydrogens (primary N) is 1. The van der Waals surface area contributed by atoms with Gasteiger partial charge in [0.05, 0.1) is 30.0 Å². The van der Waals surface area contributed by atoms with E-state index in [1.165, 1.54) is 5.56 Å². The number of amides is 1. The molecule has 1 aromatic carbocycles. The van der Waals surface area contributed by atoms with E-state index in [9.17, 15) is 4.79 Å². The number of nitrogens with zero attached hydrogens (tertiary/aromatic N) is 4. The van der Waals surface area contributed by atoms with E-state index in [0.29, 0.717) is 24.5 Å². The molecule has 1 amide bonds. The van der Waals surface area contributed by atoms with Crippen LogP contribution in [0, 0.1) is 6.92 Å². The Labute approximate surface area is 192 Å². The number of aryl methyl sites for hydroxylation is 3. The molecule has 3 heterocycles. The highest BCUT2D eigenvalue weighted by Crippen LogP contribution is 2.22. The fourth-order valence-electron chi connectivity index (χ4n) is 3.51. The van der Waals surface area contributed by atoms with Gasteiger partial charge >= 0.3 is 0 Å². The van der Waals surface area contributed by atoms with Crippen molar-refractivity contribution in [1.29, 1.82) is 0 Å². The van der Waals surface area contributed by atoms with Crippen LogP contribution in [0.25, 0.3) is 10.9 Å². The molecule has 0 radical (unpaired) electrons. The van der Waals surface area contributed by atoms with E-state index in [2.05, 4.69) is 40.2 Å². The van der Waals surface area contributed by atoms with Gasteiger partial charge in [-0.2, -0.15) is 0 Å². The van der Waals surface area contributed by atoms with Crippen LogP contribution in [0.15, 0.2) is 48.0 Å². The quantitative estimate of drug-likeness (QED) is 0.435. The summed E-state index contributed by atoms with van der Waals surface area (Å²) in [5, 5.41) is 3.88. The van der Waals surface area contributed by atoms with Gasteiger partial charge in [-0.3, -0.25) is 9.78 Å². The van der Waals surface area contributed by atoms with E-state index in [-0.39, 0.29) is 5.91 Å². The summed E-state index contributed by atoms with van der Waals surface area (Å²) in [5.41, 5.74) is 11.3. The highest BCUT2D eigenvalue weighted by Gasteiger charge is 2.19. The molecule has 3 aromatic heterocycles. The largest absolute Gasteiger partial charge is 0.383 e. The first-order valence-corrected chi connectivity index (χ1v) is 11.7. The molecule has 0 aliphatic carbocycles. The zero-order valence-electron chi connectivity index (χ0n) is 18.6. The van der Waals surface area contributed by atoms with Crippen LogP contribution in [0.2, 0.25) is 0 Å². The van der Waals surface area contributed by atoms with Crippen LogP contribution in [0.4, 0.5) is 5.82 Å². The second kappa shape index (κ2) is 9.44. The number of carbonyl (C=O) groups is 1. The Hall–Kier alpha value is -3.32. The van der Waals surface area contributed by atoms with E-state index in [0.717, 1.165) is 45.7 Å². The highest BCUT2D eigenvalue weighted by atomic mass is 32.1. The lowest BCUT2D eigenvalue weighted by molar-refractivity contribution is 0.0728. The van der Waals surface area contributed by atoms with Gasteiger partial charge in [-0.15, -0.1) is 11.3 Å². The smallest absolute Gasteiger partial charge is 0.254 e. The van der Waals surface area contributed by atoms with Gasteiger partial charge in [0.25, 0.3) is 5.91 Å². The predicted molar refractivity (Wildman–Crippen MR) is 130 cm³/mol. The zero-order chi connectivity index (χ0) is 22.7. The third-order valence-corrected chi connectivity index (χ3v) is 6.40. The number of pyridine rings is 2. The molecule has 0 aliphatic heterocycles. The standard InChI is InChI=1S/C25H27N5OS/c1-4-17-6-8-21(27-12-17)13-30(14-23-28-20(5-2)15-32-23)25(31)18-7-9-22-19(11-18)10-16(3)24(26)29-22/h6-12,15H,4-5,13-14H2,1-3H3,(H2,26,29). The Morgan fingerprint density at radius 3 is 2.56 bits per heavy atom. The summed E-state index contributed by atoms with van der Waals surface area (Å²) < 4.78 is 0. The molecule has 32 heavy (non-hydrogen) atoms. The maximum Gasteiger partial charge on any atom is 0.254 e. The summed E-state index contributed by atoms with van der Waals surface area (Å²) >= 11 is 1.59. The average molecular weight is 446 g/mol. The molecular weight excluding hydrogens is 418 g/mol. The zero-order valence-corrected chi connectivity index (χ0v) is 19.4. The predicted octanol–water partition coefficient (Wildman–Crippen LogP) is 4.94. The summed E-state index contributed by atoms with van der Waals surface area (Å²) in [6, 6.07) is 11.6. The Kier molecular flexibility index (Phi) is 6.46. The number of benzene rings is 1. The Balaban J connectivity index is 1.66. The van der Waals surface area contributed by atoms with E-state index in [1.54, 1.807) is 11.3 Å². The molecule has 0 spiro atoms. The molecule has 4 aromatic rings. The van der Waals surface area contributed by atoms with E-state index < -0.39 is 0 Å². The van der Waals surface area contributed by atoms with Crippen molar-refractivity contribution in [1.82, 2.24) is 19.9 Å². The summed E-state index contributed by atoms with van der Waals surface area (Å²) in [6.07, 6.45) is 3.69. The number of fused-ring (bicyclic) bond motifs is 1. The monoisotopic (exact) mass is 445 g/mol. The third kappa shape index (κ3) is 4.78. The molecule has 2 N–H and O–H groups in total. The van der Waals surface area contributed by atoms with Gasteiger partial charge in [-0.1, -0.05) is 19.9 Å². The third-order valence-electron chi connectivity index (χ3n) is 5.51. The van der Waals surface area contributed by atoms with E-state index >= 15 is 0 Å². The van der Waals surface area contributed by atoms with Crippen LogP contribution in [-0.4, -0.2) is 25.8 Å². The van der Waals surface area contributed by atoms with Crippen LogP contribution in [0.5, 0.6) is 0 Å². The van der Waals surface area contributed by atoms with Crippen molar-refractivity contribution in [3.63, 3.8) is 0 Å². The van der Waals surface area contributed by atoms with E-state index in [1.807, 2.05) is 48.4 Å². The first kappa shape index (κ1) is 21.9. The number of thiazole rings is 1. The second-order valence-electron chi connectivity index (χ2n) is 7.86. The number of aromatic nitrogens is 3. The maximum absolute atomic E-state index is 13.6. The lowest BCUT2D eigenvalue weighted by atomic mass is 10.1. The van der Waals surface area contributed by atoms with Crippen LogP contribution in [-0.2, 0) is 25.9 Å². The Morgan fingerprint density at radius 2 is 1.88 bits per heavy atom. The van der Waals surface area contributed by atoms with Crippen LogP contribution >= 0.6 is 11.3 Å². The van der Waals surface area contributed by atoms with Crippen molar-refractivity contribution >= 4 is 34.0 Å². The lowest BCUT2D eigenvalue weighted by Gasteiger charge is -2.22. The second-order valence-corrected chi connectivity index (χ2v) is 8.80. The van der Waals surface area contributed by atoms with Crippen molar-refractivity contribution in [2.24, 2.45) is 0 Å². The molecule has 7 heteroatoms. The number of rotatable bonds is 7. The topological polar surface area (TPSA) is 85.0 Å². The normalized spacial score (nSPS) is 11.1. The van der Waals surface area contributed by atoms with Gasteiger partial charge in [0.2, 0.25) is 0 Å². The maximum atomic E-state index is 13.6. The Morgan fingerprint density at radius 1 is 1.03 bits per heavy atom. The van der Waals surface area contributed by atoms with Crippen molar-refractivity contribution in [3.05, 3.63) is 81.1 Å². The molecule has 0 unspecified atom stereocenters. The molecule has 0 aliphatic rings. The van der Waals surface area contributed by atoms with Crippen LogP contribution in [0.1, 0.15) is 51.7 Å². The first-order valence-electron chi connectivity index (χ1n) is 10.8. The highest BCUT2D eigenvalue weighted by molar-refractivity contribution is 7.09. The molecule has 0 atom stereocenters. The van der Waals surface area contributed by atoms with Crippen molar-refractivity contribution in [2.75, 3.05) is 5.73 Å². The minimum absolute atomic E-state index is 0.0593. The fraction of sp³-hybridized carbons (Fsp3) is 0.280. The van der Waals surface area contributed by atoms with E-state index in [4.69, 9.17) is 5.73 Å². The SMILES string of the molecule is CCc1ccc(CN(Cc2nc(CC)cs2)C(=O)c2ccc3nc(N)c(C)cc3c2)nc1. The molecule has 0 saturated heterocycles. The first-order chi connectivity index (χ1) is 15.5. The molecule has 0 fully saturated rings. The van der Waals surface area contributed by atoms with Gasteiger partial charge in [0.15, 0.2) is 0 Å². The number of anilines is 1. The molecule has 0 saturated carbocycles. The fourth-order valence-corrected chi connectivity index (χ4v) is 4.40. The molecular formula is C25H27N5OS. The summed E-state index contributed by atoms with van der Waals surface area (Å²) in [7, 11) is 0. The van der Waals surface area contributed by atoms with Crippen LogP contribution in [0.3, 0.4) is 0 Å². The lowest BCUT2D eigenvalue weighted by Crippen LogP contribution is -2.30. The summed E-state index contributed by atoms with van der Waals surface area (Å²) in [4.78, 5) is 29.0. The van der Waals surface area contributed by atoms with Crippen molar-refractivity contribution < 1.29 is 4.79 Å². The molecule has 4 rings (SSSR count). The van der Waals surface area contributed by atoms with Gasteiger partial charge in [-0.05, 0) is 61.2 Å². The minimum atomic E-state index is -0.0593. The Bertz CT molecular complexity index is 1250. The number of hydrogen-bond donors (Lipinski definition) is 1. The van der Waals surface area contributed by atoms with Crippen molar-refractivity contribution in [3.8, 4) is 0 Å². The number of carbonyl (C=O) groups excluding carboxylic acids is 1. The van der Waals surface area contributed by atoms with Gasteiger partial charge in [0, 0.05) is 22.5 Å². The summed E-state index contributed by atoms with van der Waals surface area (Å²) in [5.74, 6) is 0.450. The summed E-state index contributed by atoms with van der Waals surface area (Å²) in [6.45, 7) is 6.96. The average Bonchev–Trinajstić information content (AvgIpc) is 3.27. The van der Waals surface area contributed by atoms with Gasteiger partial charge in [-0.25, -0.2) is 9.97 Å². The molecule has 0 bridgehead atoms. The van der Waals surface area contributed by atoms with Crippen molar-refractivity contribution in [2.45, 2.75) is 46.7 Å². The van der Waals surface area contributed by atoms with Gasteiger partial charge < -0.3 is 10.6 Å².